The van der Waals surface area contributed by atoms with Crippen LogP contribution in [-0.2, 0) is 14.8 Å². The summed E-state index contributed by atoms with van der Waals surface area (Å²) in [6, 6.07) is 19.2. The Kier molecular flexibility index (Phi) is 5.05. The number of nitrogens with one attached hydrogen (secondary N) is 1. The number of rotatable bonds is 5. The highest BCUT2D eigenvalue weighted by molar-refractivity contribution is 7.92. The van der Waals surface area contributed by atoms with Crippen LogP contribution >= 0.6 is 0 Å². The molecule has 1 unspecified atom stereocenters. The summed E-state index contributed by atoms with van der Waals surface area (Å²) < 4.78 is 40.0. The number of morpholine rings is 1. The molecule has 4 aromatic rings. The van der Waals surface area contributed by atoms with Gasteiger partial charge in [-0.05, 0) is 36.4 Å². The Morgan fingerprint density at radius 2 is 1.68 bits per heavy atom. The van der Waals surface area contributed by atoms with Crippen molar-refractivity contribution in [1.29, 1.82) is 0 Å². The molecule has 5 rings (SSSR count). The first-order valence-corrected chi connectivity index (χ1v) is 11.3. The first kappa shape index (κ1) is 19.5. The van der Waals surface area contributed by atoms with E-state index in [1.807, 2.05) is 35.2 Å². The number of hydrogen-bond acceptors (Lipinski definition) is 7. The van der Waals surface area contributed by atoms with Gasteiger partial charge in [-0.1, -0.05) is 30.3 Å². The minimum atomic E-state index is -3.83. The summed E-state index contributed by atoms with van der Waals surface area (Å²) in [4.78, 5) is 11.5. The molecule has 1 aliphatic heterocycles. The molecule has 8 nitrogen and oxygen atoms in total. The normalized spacial score (nSPS) is 17.0. The van der Waals surface area contributed by atoms with E-state index in [2.05, 4.69) is 9.71 Å². The summed E-state index contributed by atoms with van der Waals surface area (Å²) in [6.07, 6.45) is 1.32. The third-order valence-electron chi connectivity index (χ3n) is 5.06. The molecule has 0 saturated carbocycles. The molecule has 158 valence electrons. The van der Waals surface area contributed by atoms with E-state index in [9.17, 15) is 8.42 Å². The number of ether oxygens (including phenoxy) is 1. The molecule has 1 aliphatic rings. The van der Waals surface area contributed by atoms with Gasteiger partial charge in [0.05, 0.1) is 35.3 Å². The molecule has 31 heavy (non-hydrogen) atoms. The largest absolute Gasteiger partial charge is 0.467 e. The van der Waals surface area contributed by atoms with Gasteiger partial charge in [-0.2, -0.15) is 0 Å². The Labute approximate surface area is 179 Å². The molecule has 0 amide bonds. The molecule has 1 fully saturated rings. The topological polar surface area (TPSA) is 97.6 Å². The number of anilines is 2. The van der Waals surface area contributed by atoms with Crippen molar-refractivity contribution in [3.63, 3.8) is 0 Å². The second-order valence-corrected chi connectivity index (χ2v) is 8.81. The van der Waals surface area contributed by atoms with Crippen LogP contribution in [0.2, 0.25) is 0 Å². The smallest absolute Gasteiger partial charge is 0.263 e. The molecular formula is C22H20N4O4S. The molecule has 0 spiro atoms. The summed E-state index contributed by atoms with van der Waals surface area (Å²) in [5.41, 5.74) is 1.29. The average Bonchev–Trinajstić information content (AvgIpc) is 3.34. The number of fused-ring (bicyclic) bond motifs is 1. The number of nitrogens with zero attached hydrogens (tertiary/aromatic N) is 3. The van der Waals surface area contributed by atoms with Crippen LogP contribution in [0.4, 0.5) is 11.6 Å². The van der Waals surface area contributed by atoms with Crippen LogP contribution in [0.25, 0.3) is 11.0 Å². The van der Waals surface area contributed by atoms with Gasteiger partial charge in [0.15, 0.2) is 11.6 Å². The van der Waals surface area contributed by atoms with Crippen LogP contribution in [0.15, 0.2) is 82.3 Å². The first-order chi connectivity index (χ1) is 15.1. The van der Waals surface area contributed by atoms with E-state index >= 15 is 0 Å². The summed E-state index contributed by atoms with van der Waals surface area (Å²) in [5.74, 6) is 1.35. The maximum Gasteiger partial charge on any atom is 0.263 e. The summed E-state index contributed by atoms with van der Waals surface area (Å²) >= 11 is 0. The van der Waals surface area contributed by atoms with Crippen LogP contribution in [-0.4, -0.2) is 38.1 Å². The van der Waals surface area contributed by atoms with Crippen LogP contribution in [0, 0.1) is 0 Å². The predicted molar refractivity (Wildman–Crippen MR) is 116 cm³/mol. The zero-order chi connectivity index (χ0) is 21.3. The van der Waals surface area contributed by atoms with Crippen molar-refractivity contribution in [3.05, 3.63) is 78.8 Å². The van der Waals surface area contributed by atoms with Crippen molar-refractivity contribution in [2.45, 2.75) is 11.0 Å². The van der Waals surface area contributed by atoms with E-state index in [4.69, 9.17) is 14.1 Å². The van der Waals surface area contributed by atoms with Gasteiger partial charge >= 0.3 is 0 Å². The molecule has 1 N–H and O–H groups in total. The number of sulfonamides is 1. The molecule has 0 bridgehead atoms. The molecule has 9 heteroatoms. The van der Waals surface area contributed by atoms with Gasteiger partial charge in [-0.15, -0.1) is 0 Å². The van der Waals surface area contributed by atoms with Gasteiger partial charge in [0.1, 0.15) is 11.9 Å². The molecule has 1 atom stereocenters. The fraction of sp³-hybridized carbons (Fsp3) is 0.182. The van der Waals surface area contributed by atoms with Crippen molar-refractivity contribution in [2.24, 2.45) is 0 Å². The number of para-hydroxylation sites is 2. The molecule has 2 aromatic heterocycles. The quantitative estimate of drug-likeness (QED) is 0.510. The third-order valence-corrected chi connectivity index (χ3v) is 6.42. The number of furan rings is 1. The Balaban J connectivity index is 1.55. The Hall–Kier alpha value is -3.43. The molecule has 2 aromatic carbocycles. The first-order valence-electron chi connectivity index (χ1n) is 9.85. The van der Waals surface area contributed by atoms with Crippen LogP contribution in [0.5, 0.6) is 0 Å². The van der Waals surface area contributed by atoms with Crippen LogP contribution in [0.3, 0.4) is 0 Å². The highest BCUT2D eigenvalue weighted by atomic mass is 32.2. The maximum absolute atomic E-state index is 13.0. The standard InChI is InChI=1S/C22H20N4O4S/c27-31(28,16-7-2-1-3-8-16)25-21-22(24-18-10-5-4-9-17(18)23-21)26-12-14-30-20(15-26)19-11-6-13-29-19/h1-11,13,20H,12,14-15H2,(H,23,25). The van der Waals surface area contributed by atoms with Gasteiger partial charge in [-0.3, -0.25) is 4.72 Å². The fourth-order valence-corrected chi connectivity index (χ4v) is 4.58. The lowest BCUT2D eigenvalue weighted by Gasteiger charge is -2.33. The lowest BCUT2D eigenvalue weighted by Crippen LogP contribution is -2.39. The Bertz CT molecular complexity index is 1290. The van der Waals surface area contributed by atoms with E-state index in [0.29, 0.717) is 42.3 Å². The van der Waals surface area contributed by atoms with E-state index in [0.717, 1.165) is 0 Å². The summed E-state index contributed by atoms with van der Waals surface area (Å²) in [5, 5.41) is 0. The van der Waals surface area contributed by atoms with Crippen molar-refractivity contribution in [3.8, 4) is 0 Å². The van der Waals surface area contributed by atoms with Crippen molar-refractivity contribution < 1.29 is 17.6 Å². The van der Waals surface area contributed by atoms with Crippen LogP contribution < -0.4 is 9.62 Å². The van der Waals surface area contributed by atoms with E-state index in [-0.39, 0.29) is 16.8 Å². The minimum Gasteiger partial charge on any atom is -0.467 e. The highest BCUT2D eigenvalue weighted by Crippen LogP contribution is 2.31. The second kappa shape index (κ2) is 8.01. The van der Waals surface area contributed by atoms with Gasteiger partial charge < -0.3 is 14.1 Å². The molecule has 3 heterocycles. The van der Waals surface area contributed by atoms with E-state index in [1.54, 1.807) is 30.5 Å². The van der Waals surface area contributed by atoms with Crippen molar-refractivity contribution in [1.82, 2.24) is 9.97 Å². The number of aromatic nitrogens is 2. The molecule has 1 saturated heterocycles. The van der Waals surface area contributed by atoms with Crippen molar-refractivity contribution in [2.75, 3.05) is 29.3 Å². The second-order valence-electron chi connectivity index (χ2n) is 7.12. The zero-order valence-corrected chi connectivity index (χ0v) is 17.3. The SMILES string of the molecule is O=S(=O)(Nc1nc2ccccc2nc1N1CCOC(c2ccco2)C1)c1ccccc1. The lowest BCUT2D eigenvalue weighted by molar-refractivity contribution is 0.0255. The average molecular weight is 436 g/mol. The Morgan fingerprint density at radius 3 is 2.42 bits per heavy atom. The number of benzene rings is 2. The zero-order valence-electron chi connectivity index (χ0n) is 16.5. The summed E-state index contributed by atoms with van der Waals surface area (Å²) in [6.45, 7) is 1.45. The lowest BCUT2D eigenvalue weighted by atomic mass is 10.2. The highest BCUT2D eigenvalue weighted by Gasteiger charge is 2.28. The number of hydrogen-bond donors (Lipinski definition) is 1. The Morgan fingerprint density at radius 1 is 0.935 bits per heavy atom. The fourth-order valence-electron chi connectivity index (χ4n) is 3.55. The molecular weight excluding hydrogens is 416 g/mol. The van der Waals surface area contributed by atoms with Gasteiger partial charge in [0.2, 0.25) is 0 Å². The van der Waals surface area contributed by atoms with Gasteiger partial charge in [0.25, 0.3) is 10.0 Å². The third kappa shape index (κ3) is 3.97. The minimum absolute atomic E-state index is 0.159. The maximum atomic E-state index is 13.0. The van der Waals surface area contributed by atoms with E-state index in [1.165, 1.54) is 12.1 Å². The van der Waals surface area contributed by atoms with Crippen LogP contribution in [0.1, 0.15) is 11.9 Å². The predicted octanol–water partition coefficient (Wildman–Crippen LogP) is 3.60. The van der Waals surface area contributed by atoms with Crippen molar-refractivity contribution >= 4 is 32.7 Å². The molecule has 0 radical (unpaired) electrons. The van der Waals surface area contributed by atoms with E-state index < -0.39 is 10.0 Å². The van der Waals surface area contributed by atoms with Gasteiger partial charge in [0, 0.05) is 6.54 Å². The summed E-state index contributed by atoms with van der Waals surface area (Å²) in [7, 11) is -3.83. The molecule has 0 aliphatic carbocycles. The monoisotopic (exact) mass is 436 g/mol. The van der Waals surface area contributed by atoms with Gasteiger partial charge in [-0.25, -0.2) is 18.4 Å².